The van der Waals surface area contributed by atoms with Crippen LogP contribution >= 0.6 is 11.3 Å². The maximum Gasteiger partial charge on any atom is 0.219 e. The van der Waals surface area contributed by atoms with Gasteiger partial charge in [-0.05, 0) is 48.2 Å². The zero-order chi connectivity index (χ0) is 20.7. The topological polar surface area (TPSA) is 70.7 Å². The molecule has 30 heavy (non-hydrogen) atoms. The Hall–Kier alpha value is -3.64. The Morgan fingerprint density at radius 2 is 1.70 bits per heavy atom. The standard InChI is InChI=1S/C24H19N3O2S/c1-15-4-6-16(7-5-15)13-19-24(29)27-14-20(17-8-10-18(28)11-9-17)25-22(23(27)26-19)21-3-2-12-30-21/h2-12,14,28-29H,13H2,1H3. The minimum Gasteiger partial charge on any atom is -0.508 e. The third-order valence-electron chi connectivity index (χ3n) is 5.06. The lowest BCUT2D eigenvalue weighted by Gasteiger charge is -2.07. The molecule has 0 atom stereocenters. The molecular formula is C24H19N3O2S. The van der Waals surface area contributed by atoms with Gasteiger partial charge in [0.05, 0.1) is 10.6 Å². The Morgan fingerprint density at radius 1 is 0.933 bits per heavy atom. The van der Waals surface area contributed by atoms with E-state index < -0.39 is 0 Å². The lowest BCUT2D eigenvalue weighted by atomic mass is 10.1. The highest BCUT2D eigenvalue weighted by molar-refractivity contribution is 7.13. The van der Waals surface area contributed by atoms with Crippen molar-refractivity contribution in [1.29, 1.82) is 0 Å². The smallest absolute Gasteiger partial charge is 0.219 e. The first-order chi connectivity index (χ1) is 14.6. The monoisotopic (exact) mass is 413 g/mol. The van der Waals surface area contributed by atoms with Crippen LogP contribution in [0.5, 0.6) is 11.6 Å². The molecule has 0 radical (unpaired) electrons. The van der Waals surface area contributed by atoms with Gasteiger partial charge in [0.2, 0.25) is 5.88 Å². The number of imidazole rings is 1. The number of rotatable bonds is 4. The van der Waals surface area contributed by atoms with Crippen LogP contribution < -0.4 is 0 Å². The Bertz CT molecular complexity index is 1320. The van der Waals surface area contributed by atoms with E-state index in [0.29, 0.717) is 23.5 Å². The number of aryl methyl sites for hydroxylation is 1. The average molecular weight is 414 g/mol. The van der Waals surface area contributed by atoms with Crippen molar-refractivity contribution in [2.45, 2.75) is 13.3 Å². The van der Waals surface area contributed by atoms with Crippen LogP contribution in [0.15, 0.2) is 72.2 Å². The lowest BCUT2D eigenvalue weighted by molar-refractivity contribution is 0.442. The van der Waals surface area contributed by atoms with Crippen molar-refractivity contribution in [3.8, 4) is 33.5 Å². The van der Waals surface area contributed by atoms with E-state index in [1.807, 2.05) is 29.6 Å². The molecule has 148 valence electrons. The number of thiophene rings is 1. The van der Waals surface area contributed by atoms with Gasteiger partial charge in [-0.3, -0.25) is 4.40 Å². The van der Waals surface area contributed by atoms with Gasteiger partial charge in [-0.1, -0.05) is 35.9 Å². The van der Waals surface area contributed by atoms with Crippen molar-refractivity contribution in [3.05, 3.63) is 89.1 Å². The van der Waals surface area contributed by atoms with Crippen LogP contribution in [-0.4, -0.2) is 24.6 Å². The van der Waals surface area contributed by atoms with Crippen LogP contribution in [-0.2, 0) is 6.42 Å². The number of hydrogen-bond acceptors (Lipinski definition) is 5. The molecule has 0 spiro atoms. The summed E-state index contributed by atoms with van der Waals surface area (Å²) in [6.07, 6.45) is 2.33. The average Bonchev–Trinajstić information content (AvgIpc) is 3.39. The number of phenolic OH excluding ortho intramolecular Hbond substituents is 1. The maximum atomic E-state index is 11.0. The fourth-order valence-corrected chi connectivity index (χ4v) is 4.16. The summed E-state index contributed by atoms with van der Waals surface area (Å²) in [5.41, 5.74) is 5.78. The van der Waals surface area contributed by atoms with E-state index in [4.69, 9.17) is 9.97 Å². The fourth-order valence-electron chi connectivity index (χ4n) is 3.45. The van der Waals surface area contributed by atoms with Crippen LogP contribution in [0.3, 0.4) is 0 Å². The molecule has 0 aliphatic rings. The lowest BCUT2D eigenvalue weighted by Crippen LogP contribution is -1.95. The Morgan fingerprint density at radius 3 is 2.40 bits per heavy atom. The van der Waals surface area contributed by atoms with E-state index in [0.717, 1.165) is 21.7 Å². The van der Waals surface area contributed by atoms with Gasteiger partial charge in [-0.25, -0.2) is 9.97 Å². The van der Waals surface area contributed by atoms with E-state index in [1.165, 1.54) is 5.56 Å². The highest BCUT2D eigenvalue weighted by atomic mass is 32.1. The van der Waals surface area contributed by atoms with Crippen LogP contribution in [0.2, 0.25) is 0 Å². The summed E-state index contributed by atoms with van der Waals surface area (Å²) in [7, 11) is 0. The summed E-state index contributed by atoms with van der Waals surface area (Å²) in [6, 6.07) is 19.1. The molecule has 0 unspecified atom stereocenters. The SMILES string of the molecule is Cc1ccc(Cc2nc3c(-c4cccs4)nc(-c4ccc(O)cc4)cn3c2O)cc1. The van der Waals surface area contributed by atoms with E-state index in [1.54, 1.807) is 34.1 Å². The number of benzene rings is 2. The van der Waals surface area contributed by atoms with Crippen LogP contribution in [0.4, 0.5) is 0 Å². The normalized spacial score (nSPS) is 11.2. The van der Waals surface area contributed by atoms with Gasteiger partial charge in [-0.15, -0.1) is 11.3 Å². The largest absolute Gasteiger partial charge is 0.508 e. The third kappa shape index (κ3) is 3.31. The molecule has 0 bridgehead atoms. The predicted octanol–water partition coefficient (Wildman–Crippen LogP) is 5.44. The van der Waals surface area contributed by atoms with Gasteiger partial charge >= 0.3 is 0 Å². The van der Waals surface area contributed by atoms with Crippen molar-refractivity contribution in [2.75, 3.05) is 0 Å². The van der Waals surface area contributed by atoms with Crippen molar-refractivity contribution >= 4 is 17.0 Å². The Kier molecular flexibility index (Phi) is 4.48. The molecule has 0 aliphatic heterocycles. The molecule has 0 aliphatic carbocycles. The van der Waals surface area contributed by atoms with Gasteiger partial charge < -0.3 is 10.2 Å². The summed E-state index contributed by atoms with van der Waals surface area (Å²) in [5, 5.41) is 22.6. The quantitative estimate of drug-likeness (QED) is 0.412. The number of phenols is 1. The molecule has 3 heterocycles. The molecular weight excluding hydrogens is 394 g/mol. The first kappa shape index (κ1) is 18.4. The highest BCUT2D eigenvalue weighted by Gasteiger charge is 2.19. The zero-order valence-electron chi connectivity index (χ0n) is 16.3. The minimum atomic E-state index is 0.116. The number of fused-ring (bicyclic) bond motifs is 1. The summed E-state index contributed by atoms with van der Waals surface area (Å²) < 4.78 is 1.70. The predicted molar refractivity (Wildman–Crippen MR) is 119 cm³/mol. The number of aromatic nitrogens is 3. The number of hydrogen-bond donors (Lipinski definition) is 2. The molecule has 0 amide bonds. The van der Waals surface area contributed by atoms with Crippen LogP contribution in [0.1, 0.15) is 16.8 Å². The van der Waals surface area contributed by atoms with Crippen LogP contribution in [0.25, 0.3) is 27.5 Å². The van der Waals surface area contributed by atoms with Crippen molar-refractivity contribution in [1.82, 2.24) is 14.4 Å². The van der Waals surface area contributed by atoms with Crippen LogP contribution in [0, 0.1) is 6.92 Å². The Balaban J connectivity index is 1.68. The summed E-state index contributed by atoms with van der Waals surface area (Å²) in [6.45, 7) is 2.05. The van der Waals surface area contributed by atoms with Gasteiger partial charge in [0, 0.05) is 18.2 Å². The number of aromatic hydroxyl groups is 2. The van der Waals surface area contributed by atoms with Gasteiger partial charge in [0.15, 0.2) is 5.65 Å². The second-order valence-corrected chi connectivity index (χ2v) is 8.18. The summed E-state index contributed by atoms with van der Waals surface area (Å²) in [5.74, 6) is 0.315. The van der Waals surface area contributed by atoms with Gasteiger partial charge in [0.1, 0.15) is 17.1 Å². The maximum absolute atomic E-state index is 11.0. The van der Waals surface area contributed by atoms with Crippen molar-refractivity contribution in [2.24, 2.45) is 0 Å². The molecule has 2 aromatic carbocycles. The van der Waals surface area contributed by atoms with E-state index >= 15 is 0 Å². The fraction of sp³-hybridized carbons (Fsp3) is 0.0833. The zero-order valence-corrected chi connectivity index (χ0v) is 17.1. The first-order valence-electron chi connectivity index (χ1n) is 9.58. The van der Waals surface area contributed by atoms with E-state index in [2.05, 4.69) is 31.2 Å². The van der Waals surface area contributed by atoms with E-state index in [9.17, 15) is 10.2 Å². The van der Waals surface area contributed by atoms with Gasteiger partial charge in [0.25, 0.3) is 0 Å². The molecule has 2 N–H and O–H groups in total. The first-order valence-corrected chi connectivity index (χ1v) is 10.5. The summed E-state index contributed by atoms with van der Waals surface area (Å²) in [4.78, 5) is 10.6. The van der Waals surface area contributed by atoms with Gasteiger partial charge in [-0.2, -0.15) is 0 Å². The van der Waals surface area contributed by atoms with Crippen molar-refractivity contribution in [3.63, 3.8) is 0 Å². The van der Waals surface area contributed by atoms with E-state index in [-0.39, 0.29) is 11.6 Å². The second kappa shape index (κ2) is 7.31. The molecule has 3 aromatic heterocycles. The molecule has 0 saturated carbocycles. The highest BCUT2D eigenvalue weighted by Crippen LogP contribution is 2.33. The molecule has 6 heteroatoms. The molecule has 5 nitrogen and oxygen atoms in total. The third-order valence-corrected chi connectivity index (χ3v) is 5.94. The summed E-state index contributed by atoms with van der Waals surface area (Å²) >= 11 is 1.58. The number of nitrogens with zero attached hydrogens (tertiary/aromatic N) is 3. The second-order valence-electron chi connectivity index (χ2n) is 7.24. The molecule has 5 aromatic rings. The molecule has 0 saturated heterocycles. The molecule has 5 rings (SSSR count). The minimum absolute atomic E-state index is 0.116. The molecule has 0 fully saturated rings. The van der Waals surface area contributed by atoms with Crippen molar-refractivity contribution < 1.29 is 10.2 Å². The Labute approximate surface area is 177 Å².